The largest absolute Gasteiger partial charge is 0.504 e. The Morgan fingerprint density at radius 1 is 0.974 bits per heavy atom. The summed E-state index contributed by atoms with van der Waals surface area (Å²) in [5.41, 5.74) is 0.424. The second-order valence-corrected chi connectivity index (χ2v) is 10.9. The minimum atomic E-state index is -4.31. The molecule has 5 N–H and O–H groups in total. The minimum Gasteiger partial charge on any atom is -0.504 e. The van der Waals surface area contributed by atoms with Crippen LogP contribution in [0.15, 0.2) is 77.7 Å². The Bertz CT molecular complexity index is 1400. The number of benzene rings is 3. The van der Waals surface area contributed by atoms with Crippen LogP contribution in [-0.2, 0) is 16.4 Å². The molecule has 0 spiro atoms. The Labute approximate surface area is 225 Å². The van der Waals surface area contributed by atoms with Crippen molar-refractivity contribution in [2.75, 3.05) is 13.1 Å². The molecule has 3 aromatic carbocycles. The maximum absolute atomic E-state index is 13.4. The van der Waals surface area contributed by atoms with Crippen molar-refractivity contribution < 1.29 is 38.6 Å². The van der Waals surface area contributed by atoms with Crippen LogP contribution in [0.2, 0.25) is 0 Å². The van der Waals surface area contributed by atoms with Crippen LogP contribution in [0.3, 0.4) is 0 Å². The normalized spacial score (nSPS) is 13.9. The first-order valence-corrected chi connectivity index (χ1v) is 13.3. The lowest BCUT2D eigenvalue weighted by atomic mass is 10.0. The van der Waals surface area contributed by atoms with Gasteiger partial charge in [-0.25, -0.2) is 8.42 Å². The first kappa shape index (κ1) is 29.5. The molecule has 1 amide bonds. The number of phenolic OH excluding ortho intramolecular Hbond substituents is 2. The fourth-order valence-corrected chi connectivity index (χ4v) is 5.40. The first-order valence-electron chi connectivity index (χ1n) is 11.9. The lowest BCUT2D eigenvalue weighted by Gasteiger charge is -2.30. The summed E-state index contributed by atoms with van der Waals surface area (Å²) in [5, 5.41) is 54.1. The smallest absolute Gasteiger partial charge is 0.269 e. The van der Waals surface area contributed by atoms with Gasteiger partial charge in [0.2, 0.25) is 10.0 Å². The molecule has 0 unspecified atom stereocenters. The van der Waals surface area contributed by atoms with Gasteiger partial charge in [0.05, 0.1) is 28.1 Å². The third-order valence-corrected chi connectivity index (χ3v) is 7.71. The molecule has 0 aliphatic carbocycles. The number of aromatic hydroxyl groups is 2. The summed E-state index contributed by atoms with van der Waals surface area (Å²) in [5.74, 6) is -1.62. The molecule has 0 aliphatic rings. The Morgan fingerprint density at radius 2 is 1.62 bits per heavy atom. The molecule has 0 aromatic heterocycles. The number of rotatable bonds is 12. The average molecular weight is 560 g/mol. The molecule has 13 heteroatoms. The van der Waals surface area contributed by atoms with Crippen molar-refractivity contribution in [1.82, 2.24) is 9.62 Å². The van der Waals surface area contributed by atoms with Crippen LogP contribution in [0, 0.1) is 10.1 Å². The third-order valence-electron chi connectivity index (χ3n) is 5.86. The number of aliphatic hydroxyl groups is 2. The van der Waals surface area contributed by atoms with Gasteiger partial charge in [-0.1, -0.05) is 30.3 Å². The Balaban J connectivity index is 1.90. The molecule has 208 valence electrons. The van der Waals surface area contributed by atoms with Crippen molar-refractivity contribution in [2.24, 2.45) is 0 Å². The zero-order valence-electron chi connectivity index (χ0n) is 20.9. The van der Waals surface area contributed by atoms with Gasteiger partial charge in [0.25, 0.3) is 11.6 Å². The molecule has 0 radical (unpaired) electrons. The van der Waals surface area contributed by atoms with Crippen LogP contribution in [-0.4, -0.2) is 75.3 Å². The van der Waals surface area contributed by atoms with E-state index < -0.39 is 63.7 Å². The Kier molecular flexibility index (Phi) is 9.59. The number of nitro benzene ring substituents is 1. The summed E-state index contributed by atoms with van der Waals surface area (Å²) in [7, 11) is -4.31. The van der Waals surface area contributed by atoms with Crippen molar-refractivity contribution in [3.63, 3.8) is 0 Å². The summed E-state index contributed by atoms with van der Waals surface area (Å²) >= 11 is 0. The maximum atomic E-state index is 13.4. The summed E-state index contributed by atoms with van der Waals surface area (Å²) in [4.78, 5) is 23.0. The van der Waals surface area contributed by atoms with Crippen molar-refractivity contribution >= 4 is 21.6 Å². The third kappa shape index (κ3) is 7.74. The van der Waals surface area contributed by atoms with Gasteiger partial charge in [0, 0.05) is 30.8 Å². The number of non-ortho nitro benzene ring substituents is 1. The molecule has 0 saturated heterocycles. The molecule has 39 heavy (non-hydrogen) atoms. The monoisotopic (exact) mass is 559 g/mol. The molecule has 3 atom stereocenters. The molecule has 0 heterocycles. The molecule has 3 aromatic rings. The second-order valence-electron chi connectivity index (χ2n) is 8.96. The van der Waals surface area contributed by atoms with Crippen molar-refractivity contribution in [3.8, 4) is 11.5 Å². The average Bonchev–Trinajstić information content (AvgIpc) is 2.89. The highest BCUT2D eigenvalue weighted by Gasteiger charge is 2.32. The van der Waals surface area contributed by atoms with Gasteiger partial charge in [0.1, 0.15) is 0 Å². The summed E-state index contributed by atoms with van der Waals surface area (Å²) in [6.07, 6.45) is -2.48. The molecule has 0 aliphatic heterocycles. The fraction of sp³-hybridized carbons (Fsp3) is 0.269. The van der Waals surface area contributed by atoms with E-state index in [1.165, 1.54) is 13.0 Å². The molecule has 0 fully saturated rings. The van der Waals surface area contributed by atoms with E-state index in [0.717, 1.165) is 46.3 Å². The second kappa shape index (κ2) is 12.7. The molecule has 12 nitrogen and oxygen atoms in total. The van der Waals surface area contributed by atoms with Gasteiger partial charge in [-0.05, 0) is 49.2 Å². The van der Waals surface area contributed by atoms with Crippen molar-refractivity contribution in [2.45, 2.75) is 36.5 Å². The zero-order chi connectivity index (χ0) is 28.7. The van der Waals surface area contributed by atoms with E-state index in [1.54, 1.807) is 30.3 Å². The highest BCUT2D eigenvalue weighted by molar-refractivity contribution is 7.89. The first-order chi connectivity index (χ1) is 18.4. The van der Waals surface area contributed by atoms with E-state index in [2.05, 4.69) is 5.32 Å². The van der Waals surface area contributed by atoms with Gasteiger partial charge < -0.3 is 25.7 Å². The van der Waals surface area contributed by atoms with E-state index in [0.29, 0.717) is 0 Å². The number of sulfonamides is 1. The van der Waals surface area contributed by atoms with Gasteiger partial charge in [0.15, 0.2) is 11.5 Å². The number of nitro groups is 1. The lowest BCUT2D eigenvalue weighted by molar-refractivity contribution is -0.384. The summed E-state index contributed by atoms with van der Waals surface area (Å²) in [6.45, 7) is 0.447. The highest BCUT2D eigenvalue weighted by atomic mass is 32.2. The van der Waals surface area contributed by atoms with Crippen molar-refractivity contribution in [3.05, 3.63) is 94.0 Å². The van der Waals surface area contributed by atoms with Crippen LogP contribution < -0.4 is 5.32 Å². The SMILES string of the molecule is C[C@@H](O)CN(C[C@@H](O)[C@H](Cc1ccccc1)NC(=O)c1ccc(O)c(O)c1)S(=O)(=O)c1ccc([N+](=O)[O-])cc1. The number of nitrogens with zero attached hydrogens (tertiary/aromatic N) is 2. The molecule has 0 saturated carbocycles. The molecule has 3 rings (SSSR count). The molecule has 0 bridgehead atoms. The van der Waals surface area contributed by atoms with E-state index in [4.69, 9.17) is 0 Å². The number of carbonyl (C=O) groups excluding carboxylic acids is 1. The number of carbonyl (C=O) groups is 1. The fourth-order valence-electron chi connectivity index (χ4n) is 3.86. The Hall–Kier alpha value is -4.04. The van der Waals surface area contributed by atoms with Crippen LogP contribution in [0.4, 0.5) is 5.69 Å². The number of aliphatic hydroxyl groups excluding tert-OH is 2. The van der Waals surface area contributed by atoms with Crippen LogP contribution in [0.25, 0.3) is 0 Å². The number of hydrogen-bond acceptors (Lipinski definition) is 9. The predicted molar refractivity (Wildman–Crippen MR) is 141 cm³/mol. The topological polar surface area (TPSA) is 191 Å². The van der Waals surface area contributed by atoms with E-state index in [-0.39, 0.29) is 22.6 Å². The van der Waals surface area contributed by atoms with Crippen LogP contribution >= 0.6 is 0 Å². The quantitative estimate of drug-likeness (QED) is 0.125. The molecular formula is C26H29N3O9S. The molecular weight excluding hydrogens is 530 g/mol. The minimum absolute atomic E-state index is 0.00472. The number of hydrogen-bond donors (Lipinski definition) is 5. The summed E-state index contributed by atoms with van der Waals surface area (Å²) in [6, 6.07) is 15.5. The number of amides is 1. The van der Waals surface area contributed by atoms with Crippen LogP contribution in [0.1, 0.15) is 22.8 Å². The standard InChI is InChI=1S/C26H29N3O9S/c1-17(30)15-28(39(37,38)21-10-8-20(9-11-21)29(35)36)16-25(33)22(13-18-5-3-2-4-6-18)27-26(34)19-7-12-23(31)24(32)14-19/h2-12,14,17,22,25,30-33H,13,15-16H2,1H3,(H,27,34)/t17-,22+,25-/m1/s1. The van der Waals surface area contributed by atoms with E-state index in [1.807, 2.05) is 0 Å². The van der Waals surface area contributed by atoms with Crippen molar-refractivity contribution in [1.29, 1.82) is 0 Å². The van der Waals surface area contributed by atoms with Gasteiger partial charge in [-0.15, -0.1) is 0 Å². The van der Waals surface area contributed by atoms with Crippen LogP contribution in [0.5, 0.6) is 11.5 Å². The zero-order valence-corrected chi connectivity index (χ0v) is 21.7. The van der Waals surface area contributed by atoms with Gasteiger partial charge in [-0.3, -0.25) is 14.9 Å². The summed E-state index contributed by atoms with van der Waals surface area (Å²) < 4.78 is 27.6. The van der Waals surface area contributed by atoms with E-state index >= 15 is 0 Å². The van der Waals surface area contributed by atoms with Gasteiger partial charge >= 0.3 is 0 Å². The highest BCUT2D eigenvalue weighted by Crippen LogP contribution is 2.25. The van der Waals surface area contributed by atoms with Gasteiger partial charge in [-0.2, -0.15) is 4.31 Å². The Morgan fingerprint density at radius 3 is 2.18 bits per heavy atom. The lowest BCUT2D eigenvalue weighted by Crippen LogP contribution is -2.51. The number of nitrogens with one attached hydrogen (secondary N) is 1. The van der Waals surface area contributed by atoms with E-state index in [9.17, 15) is 43.8 Å². The predicted octanol–water partition coefficient (Wildman–Crippen LogP) is 1.78. The number of phenols is 2. The maximum Gasteiger partial charge on any atom is 0.269 e.